The van der Waals surface area contributed by atoms with E-state index in [2.05, 4.69) is 4.98 Å². The fourth-order valence-electron chi connectivity index (χ4n) is 5.34. The molecular formula is C27H30FN3O4. The second kappa shape index (κ2) is 8.91. The molecule has 2 fully saturated rings. The quantitative estimate of drug-likeness (QED) is 0.544. The molecule has 2 saturated heterocycles. The Labute approximate surface area is 203 Å². The van der Waals surface area contributed by atoms with E-state index < -0.39 is 11.7 Å². The third kappa shape index (κ3) is 4.57. The van der Waals surface area contributed by atoms with E-state index in [1.807, 2.05) is 57.3 Å². The van der Waals surface area contributed by atoms with E-state index in [9.17, 15) is 14.0 Å². The number of fused-ring (bicyclic) bond motifs is 2. The zero-order valence-electron chi connectivity index (χ0n) is 20.2. The highest BCUT2D eigenvalue weighted by Gasteiger charge is 2.53. The molecule has 2 aromatic carbocycles. The number of nitrogens with zero attached hydrogens (tertiary/aromatic N) is 2. The van der Waals surface area contributed by atoms with Crippen LogP contribution in [0.3, 0.4) is 0 Å². The summed E-state index contributed by atoms with van der Waals surface area (Å²) in [6, 6.07) is 13.7. The summed E-state index contributed by atoms with van der Waals surface area (Å²) < 4.78 is 25.2. The highest BCUT2D eigenvalue weighted by molar-refractivity contribution is 5.84. The lowest BCUT2D eigenvalue weighted by Crippen LogP contribution is -2.44. The van der Waals surface area contributed by atoms with Crippen LogP contribution in [0, 0.1) is 5.82 Å². The fourth-order valence-corrected chi connectivity index (χ4v) is 5.34. The molecule has 0 radical (unpaired) electrons. The first-order valence-electron chi connectivity index (χ1n) is 11.9. The minimum Gasteiger partial charge on any atom is -0.445 e. The van der Waals surface area contributed by atoms with Crippen molar-refractivity contribution < 1.29 is 23.5 Å². The Balaban J connectivity index is 1.44. The number of H-pyrrole nitrogens is 1. The number of carbonyl (C=O) groups excluding carboxylic acids is 2. The molecular weight excluding hydrogens is 449 g/mol. The van der Waals surface area contributed by atoms with Crippen molar-refractivity contribution in [2.45, 2.75) is 57.4 Å². The molecule has 7 nitrogen and oxygen atoms in total. The van der Waals surface area contributed by atoms with Crippen LogP contribution in [-0.4, -0.2) is 57.7 Å². The minimum atomic E-state index is -0.629. The maximum atomic E-state index is 13.8. The van der Waals surface area contributed by atoms with Gasteiger partial charge in [0.25, 0.3) is 0 Å². The predicted octanol–water partition coefficient (Wildman–Crippen LogP) is 5.42. The number of aromatic nitrogens is 1. The van der Waals surface area contributed by atoms with Crippen LogP contribution in [0.1, 0.15) is 44.2 Å². The highest BCUT2D eigenvalue weighted by atomic mass is 19.1. The lowest BCUT2D eigenvalue weighted by Gasteiger charge is -2.31. The number of ether oxygens (including phenoxy) is 2. The monoisotopic (exact) mass is 479 g/mol. The third-order valence-corrected chi connectivity index (χ3v) is 6.77. The van der Waals surface area contributed by atoms with Gasteiger partial charge in [0.05, 0.1) is 12.1 Å². The largest absolute Gasteiger partial charge is 0.445 e. The van der Waals surface area contributed by atoms with Crippen LogP contribution >= 0.6 is 0 Å². The van der Waals surface area contributed by atoms with Crippen molar-refractivity contribution in [3.05, 3.63) is 71.7 Å². The Morgan fingerprint density at radius 2 is 1.86 bits per heavy atom. The number of rotatable bonds is 3. The van der Waals surface area contributed by atoms with Crippen molar-refractivity contribution in [2.24, 2.45) is 0 Å². The van der Waals surface area contributed by atoms with Gasteiger partial charge in [-0.2, -0.15) is 0 Å². The SMILES string of the molecule is CC(C)(C)OC(=O)N1CCC2[C@H]1[C@@H](c1c[nH]c3cc(F)ccc13)CN2C(=O)OCc1ccccc1. The maximum absolute atomic E-state index is 13.8. The standard InChI is InChI=1S/C27H30FN3O4/c1-27(2,3)35-26(33)30-12-11-23-24(30)21(20-14-29-22-13-18(28)9-10-19(20)22)15-31(23)25(32)34-16-17-7-5-4-6-8-17/h4-10,13-14,21,23-24,29H,11-12,15-16H2,1-3H3/t21-,23?,24-/m1/s1. The van der Waals surface area contributed by atoms with Gasteiger partial charge in [-0.1, -0.05) is 30.3 Å². The van der Waals surface area contributed by atoms with Gasteiger partial charge >= 0.3 is 12.2 Å². The second-order valence-corrected chi connectivity index (χ2v) is 10.3. The van der Waals surface area contributed by atoms with E-state index in [1.54, 1.807) is 15.9 Å². The van der Waals surface area contributed by atoms with E-state index in [-0.39, 0.29) is 36.5 Å². The van der Waals surface area contributed by atoms with Gasteiger partial charge in [-0.3, -0.25) is 0 Å². The summed E-state index contributed by atoms with van der Waals surface area (Å²) in [6.07, 6.45) is 1.71. The van der Waals surface area contributed by atoms with Crippen LogP contribution in [0.15, 0.2) is 54.7 Å². The van der Waals surface area contributed by atoms with Crippen molar-refractivity contribution >= 4 is 23.1 Å². The topological polar surface area (TPSA) is 74.9 Å². The molecule has 3 aromatic rings. The lowest BCUT2D eigenvalue weighted by molar-refractivity contribution is 0.0209. The van der Waals surface area contributed by atoms with Gasteiger partial charge < -0.3 is 24.3 Å². The van der Waals surface area contributed by atoms with Gasteiger partial charge in [0.1, 0.15) is 18.0 Å². The number of halogens is 1. The first-order chi connectivity index (χ1) is 16.7. The third-order valence-electron chi connectivity index (χ3n) is 6.77. The number of nitrogens with one attached hydrogen (secondary N) is 1. The van der Waals surface area contributed by atoms with Gasteiger partial charge in [0.2, 0.25) is 0 Å². The number of carbonyl (C=O) groups is 2. The van der Waals surface area contributed by atoms with Crippen molar-refractivity contribution in [2.75, 3.05) is 13.1 Å². The van der Waals surface area contributed by atoms with E-state index in [4.69, 9.17) is 9.47 Å². The first kappa shape index (κ1) is 23.2. The molecule has 0 saturated carbocycles. The Bertz CT molecular complexity index is 1240. The van der Waals surface area contributed by atoms with Crippen LogP contribution in [-0.2, 0) is 16.1 Å². The summed E-state index contributed by atoms with van der Waals surface area (Å²) in [6.45, 7) is 6.58. The summed E-state index contributed by atoms with van der Waals surface area (Å²) in [5.74, 6) is -0.490. The summed E-state index contributed by atoms with van der Waals surface area (Å²) in [5.41, 5.74) is 1.91. The van der Waals surface area contributed by atoms with Crippen LogP contribution < -0.4 is 0 Å². The molecule has 3 heterocycles. The molecule has 8 heteroatoms. The Hall–Kier alpha value is -3.55. The summed E-state index contributed by atoms with van der Waals surface area (Å²) in [5, 5.41) is 0.880. The molecule has 0 spiro atoms. The van der Waals surface area contributed by atoms with Gasteiger partial charge in [0.15, 0.2) is 0 Å². The molecule has 1 aromatic heterocycles. The fraction of sp³-hybridized carbons (Fsp3) is 0.407. The van der Waals surface area contributed by atoms with Gasteiger partial charge in [0, 0.05) is 36.1 Å². The number of hydrogen-bond acceptors (Lipinski definition) is 4. The molecule has 1 N–H and O–H groups in total. The molecule has 2 aliphatic rings. The van der Waals surface area contributed by atoms with Crippen LogP contribution in [0.2, 0.25) is 0 Å². The van der Waals surface area contributed by atoms with Crippen LogP contribution in [0.5, 0.6) is 0 Å². The number of benzene rings is 2. The number of aromatic amines is 1. The lowest BCUT2D eigenvalue weighted by atomic mass is 9.91. The molecule has 2 aliphatic heterocycles. The molecule has 1 unspecified atom stereocenters. The zero-order valence-corrected chi connectivity index (χ0v) is 20.2. The molecule has 0 bridgehead atoms. The molecule has 184 valence electrons. The average molecular weight is 480 g/mol. The Morgan fingerprint density at radius 1 is 1.09 bits per heavy atom. The molecule has 3 atom stereocenters. The van der Waals surface area contributed by atoms with Gasteiger partial charge in [-0.25, -0.2) is 14.0 Å². The van der Waals surface area contributed by atoms with Crippen LogP contribution in [0.25, 0.3) is 10.9 Å². The smallest absolute Gasteiger partial charge is 0.410 e. The van der Waals surface area contributed by atoms with Crippen molar-refractivity contribution in [3.63, 3.8) is 0 Å². The molecule has 35 heavy (non-hydrogen) atoms. The Kier molecular flexibility index (Phi) is 5.91. The van der Waals surface area contributed by atoms with Crippen molar-refractivity contribution in [1.82, 2.24) is 14.8 Å². The summed E-state index contributed by atoms with van der Waals surface area (Å²) in [7, 11) is 0. The molecule has 5 rings (SSSR count). The van der Waals surface area contributed by atoms with Crippen molar-refractivity contribution in [1.29, 1.82) is 0 Å². The average Bonchev–Trinajstić information content (AvgIpc) is 3.50. The second-order valence-electron chi connectivity index (χ2n) is 10.3. The number of likely N-dealkylation sites (tertiary alicyclic amines) is 2. The normalized spacial score (nSPS) is 21.9. The van der Waals surface area contributed by atoms with Gasteiger partial charge in [-0.15, -0.1) is 0 Å². The minimum absolute atomic E-state index is 0.168. The molecule has 0 aliphatic carbocycles. The predicted molar refractivity (Wildman–Crippen MR) is 129 cm³/mol. The van der Waals surface area contributed by atoms with Crippen molar-refractivity contribution in [3.8, 4) is 0 Å². The van der Waals surface area contributed by atoms with E-state index in [1.165, 1.54) is 12.1 Å². The maximum Gasteiger partial charge on any atom is 0.410 e. The molecule has 2 amide bonds. The summed E-state index contributed by atoms with van der Waals surface area (Å²) >= 11 is 0. The first-order valence-corrected chi connectivity index (χ1v) is 11.9. The van der Waals surface area contributed by atoms with Crippen LogP contribution in [0.4, 0.5) is 14.0 Å². The Morgan fingerprint density at radius 3 is 2.60 bits per heavy atom. The number of amides is 2. The highest BCUT2D eigenvalue weighted by Crippen LogP contribution is 2.43. The number of hydrogen-bond donors (Lipinski definition) is 1. The van der Waals surface area contributed by atoms with E-state index in [0.717, 1.165) is 16.5 Å². The van der Waals surface area contributed by atoms with Gasteiger partial charge in [-0.05, 0) is 56.5 Å². The summed E-state index contributed by atoms with van der Waals surface area (Å²) in [4.78, 5) is 33.0. The zero-order chi connectivity index (χ0) is 24.7. The van der Waals surface area contributed by atoms with E-state index >= 15 is 0 Å². The van der Waals surface area contributed by atoms with E-state index in [0.29, 0.717) is 25.0 Å².